The molecule has 170 valence electrons. The molecular weight excluding hydrogens is 510 g/mol. The number of carboxylic acid groups (broad SMARTS) is 1. The fraction of sp³-hybridized carbons (Fsp3) is 0.120. The number of nitrogens with one attached hydrogen (secondary N) is 1. The van der Waals surface area contributed by atoms with Crippen molar-refractivity contribution in [3.8, 4) is 11.5 Å². The van der Waals surface area contributed by atoms with Crippen LogP contribution in [-0.2, 0) is 11.4 Å². The van der Waals surface area contributed by atoms with Crippen LogP contribution in [-0.4, -0.2) is 23.6 Å². The summed E-state index contributed by atoms with van der Waals surface area (Å²) < 4.78 is 12.2. The lowest BCUT2D eigenvalue weighted by molar-refractivity contribution is -0.132. The van der Waals surface area contributed by atoms with Gasteiger partial charge in [0.05, 0.1) is 11.1 Å². The standard InChI is InChI=1S/C25H21BrClNO5/c1-2-32-22-14-17(12-20(26)23(22)33-15-16-8-10-19(27)11-9-16)13-21(25(30)31)28-24(29)18-6-4-3-5-7-18/h3-14H,2,15H2,1H3,(H,28,29)(H,30,31)/b21-13+. The summed E-state index contributed by atoms with van der Waals surface area (Å²) in [7, 11) is 0. The number of halogens is 2. The van der Waals surface area contributed by atoms with E-state index in [1.807, 2.05) is 19.1 Å². The average molecular weight is 531 g/mol. The zero-order chi connectivity index (χ0) is 23.8. The zero-order valence-corrected chi connectivity index (χ0v) is 20.0. The molecule has 6 nitrogen and oxygen atoms in total. The van der Waals surface area contributed by atoms with E-state index in [0.717, 1.165) is 5.56 Å². The fourth-order valence-corrected chi connectivity index (χ4v) is 3.61. The van der Waals surface area contributed by atoms with Gasteiger partial charge in [-0.1, -0.05) is 41.9 Å². The molecule has 0 fully saturated rings. The van der Waals surface area contributed by atoms with E-state index in [9.17, 15) is 14.7 Å². The number of benzene rings is 3. The normalized spacial score (nSPS) is 11.1. The Morgan fingerprint density at radius 3 is 2.39 bits per heavy atom. The van der Waals surface area contributed by atoms with Crippen LogP contribution in [0.2, 0.25) is 5.02 Å². The average Bonchev–Trinajstić information content (AvgIpc) is 2.80. The van der Waals surface area contributed by atoms with E-state index < -0.39 is 11.9 Å². The third-order valence-corrected chi connectivity index (χ3v) is 5.29. The van der Waals surface area contributed by atoms with Gasteiger partial charge >= 0.3 is 5.97 Å². The fourth-order valence-electron chi connectivity index (χ4n) is 2.91. The van der Waals surface area contributed by atoms with Crippen molar-refractivity contribution >= 4 is 45.5 Å². The summed E-state index contributed by atoms with van der Waals surface area (Å²) in [6.07, 6.45) is 1.36. The first-order valence-corrected chi connectivity index (χ1v) is 11.2. The summed E-state index contributed by atoms with van der Waals surface area (Å²) >= 11 is 9.40. The van der Waals surface area contributed by atoms with Crippen LogP contribution in [0.15, 0.2) is 76.9 Å². The summed E-state index contributed by atoms with van der Waals surface area (Å²) in [5.74, 6) is -0.868. The van der Waals surface area contributed by atoms with Crippen LogP contribution in [0.3, 0.4) is 0 Å². The molecule has 0 aromatic heterocycles. The number of rotatable bonds is 9. The highest BCUT2D eigenvalue weighted by molar-refractivity contribution is 9.10. The van der Waals surface area contributed by atoms with Crippen molar-refractivity contribution in [2.45, 2.75) is 13.5 Å². The van der Waals surface area contributed by atoms with Crippen LogP contribution in [0.1, 0.15) is 28.4 Å². The molecule has 3 aromatic carbocycles. The molecule has 0 unspecified atom stereocenters. The Morgan fingerprint density at radius 1 is 1.06 bits per heavy atom. The second-order valence-corrected chi connectivity index (χ2v) is 8.15. The number of carboxylic acids is 1. The molecule has 0 saturated heterocycles. The number of ether oxygens (including phenoxy) is 2. The van der Waals surface area contributed by atoms with Gasteiger partial charge in [0.15, 0.2) is 11.5 Å². The maximum absolute atomic E-state index is 12.4. The summed E-state index contributed by atoms with van der Waals surface area (Å²) in [6, 6.07) is 19.0. The zero-order valence-electron chi connectivity index (χ0n) is 17.7. The van der Waals surface area contributed by atoms with Crippen molar-refractivity contribution < 1.29 is 24.2 Å². The van der Waals surface area contributed by atoms with E-state index in [1.165, 1.54) is 6.08 Å². The number of amides is 1. The SMILES string of the molecule is CCOc1cc(/C=C(/NC(=O)c2ccccc2)C(=O)O)cc(Br)c1OCc1ccc(Cl)cc1. The van der Waals surface area contributed by atoms with Crippen LogP contribution >= 0.6 is 27.5 Å². The van der Waals surface area contributed by atoms with Gasteiger partial charge in [-0.15, -0.1) is 0 Å². The molecule has 1 amide bonds. The van der Waals surface area contributed by atoms with Crippen LogP contribution in [0.25, 0.3) is 6.08 Å². The number of aliphatic carboxylic acids is 1. The second kappa shape index (κ2) is 11.5. The van der Waals surface area contributed by atoms with Gasteiger partial charge in [0, 0.05) is 10.6 Å². The molecule has 0 spiro atoms. The van der Waals surface area contributed by atoms with E-state index in [4.69, 9.17) is 21.1 Å². The molecule has 0 aliphatic heterocycles. The first kappa shape index (κ1) is 24.4. The van der Waals surface area contributed by atoms with E-state index in [-0.39, 0.29) is 5.70 Å². The highest BCUT2D eigenvalue weighted by Crippen LogP contribution is 2.38. The molecule has 33 heavy (non-hydrogen) atoms. The summed E-state index contributed by atoms with van der Waals surface area (Å²) in [4.78, 5) is 24.2. The highest BCUT2D eigenvalue weighted by atomic mass is 79.9. The first-order valence-electron chi connectivity index (χ1n) is 10.0. The third kappa shape index (κ3) is 6.84. The van der Waals surface area contributed by atoms with Gasteiger partial charge in [-0.25, -0.2) is 4.79 Å². The van der Waals surface area contributed by atoms with E-state index in [2.05, 4.69) is 21.2 Å². The van der Waals surface area contributed by atoms with Crippen molar-refractivity contribution in [2.75, 3.05) is 6.61 Å². The molecule has 3 aromatic rings. The van der Waals surface area contributed by atoms with Gasteiger partial charge in [-0.3, -0.25) is 4.79 Å². The predicted octanol–water partition coefficient (Wildman–Crippen LogP) is 5.94. The molecule has 3 rings (SSSR count). The predicted molar refractivity (Wildman–Crippen MR) is 131 cm³/mol. The maximum atomic E-state index is 12.4. The minimum atomic E-state index is -1.27. The van der Waals surface area contributed by atoms with E-state index in [1.54, 1.807) is 54.6 Å². The molecular formula is C25H21BrClNO5. The number of carbonyl (C=O) groups is 2. The van der Waals surface area contributed by atoms with Crippen molar-refractivity contribution in [2.24, 2.45) is 0 Å². The Labute approximate surface area is 204 Å². The lowest BCUT2D eigenvalue weighted by atomic mass is 10.1. The molecule has 0 saturated carbocycles. The lowest BCUT2D eigenvalue weighted by Crippen LogP contribution is -2.27. The smallest absolute Gasteiger partial charge is 0.352 e. The third-order valence-electron chi connectivity index (χ3n) is 4.45. The summed E-state index contributed by atoms with van der Waals surface area (Å²) in [5.41, 5.74) is 1.52. The molecule has 0 radical (unpaired) electrons. The molecule has 0 heterocycles. The minimum Gasteiger partial charge on any atom is -0.490 e. The number of hydrogen-bond donors (Lipinski definition) is 2. The topological polar surface area (TPSA) is 84.9 Å². The van der Waals surface area contributed by atoms with Crippen LogP contribution in [0, 0.1) is 0 Å². The van der Waals surface area contributed by atoms with Gasteiger partial charge in [0.25, 0.3) is 5.91 Å². The summed E-state index contributed by atoms with van der Waals surface area (Å²) in [6.45, 7) is 2.51. The highest BCUT2D eigenvalue weighted by Gasteiger charge is 2.16. The lowest BCUT2D eigenvalue weighted by Gasteiger charge is -2.15. The van der Waals surface area contributed by atoms with Gasteiger partial charge in [0.1, 0.15) is 12.3 Å². The second-order valence-electron chi connectivity index (χ2n) is 6.86. The molecule has 0 aliphatic carbocycles. The maximum Gasteiger partial charge on any atom is 0.352 e. The summed E-state index contributed by atoms with van der Waals surface area (Å²) in [5, 5.41) is 12.7. The van der Waals surface area contributed by atoms with E-state index >= 15 is 0 Å². The Morgan fingerprint density at radius 2 is 1.76 bits per heavy atom. The van der Waals surface area contributed by atoms with Crippen molar-refractivity contribution in [1.82, 2.24) is 5.32 Å². The molecule has 0 atom stereocenters. The van der Waals surface area contributed by atoms with Gasteiger partial charge in [0.2, 0.25) is 0 Å². The largest absolute Gasteiger partial charge is 0.490 e. The Balaban J connectivity index is 1.86. The Hall–Kier alpha value is -3.29. The van der Waals surface area contributed by atoms with Gasteiger partial charge in [-0.05, 0) is 76.5 Å². The Bertz CT molecular complexity index is 1160. The molecule has 2 N–H and O–H groups in total. The van der Waals surface area contributed by atoms with Gasteiger partial charge < -0.3 is 19.9 Å². The monoisotopic (exact) mass is 529 g/mol. The van der Waals surface area contributed by atoms with Gasteiger partial charge in [-0.2, -0.15) is 0 Å². The molecule has 0 aliphatic rings. The van der Waals surface area contributed by atoms with Crippen molar-refractivity contribution in [3.63, 3.8) is 0 Å². The number of carbonyl (C=O) groups excluding carboxylic acids is 1. The van der Waals surface area contributed by atoms with Crippen LogP contribution in [0.5, 0.6) is 11.5 Å². The van der Waals surface area contributed by atoms with Crippen molar-refractivity contribution in [3.05, 3.63) is 98.6 Å². The quantitative estimate of drug-likeness (QED) is 0.335. The van der Waals surface area contributed by atoms with Crippen molar-refractivity contribution in [1.29, 1.82) is 0 Å². The van der Waals surface area contributed by atoms with E-state index in [0.29, 0.717) is 45.3 Å². The molecule has 0 bridgehead atoms. The number of hydrogen-bond acceptors (Lipinski definition) is 4. The van der Waals surface area contributed by atoms with Crippen LogP contribution < -0.4 is 14.8 Å². The first-order chi connectivity index (χ1) is 15.9. The minimum absolute atomic E-state index is 0.270. The van der Waals surface area contributed by atoms with Crippen LogP contribution in [0.4, 0.5) is 0 Å². The Kier molecular flexibility index (Phi) is 8.52. The molecule has 8 heteroatoms.